The molecule has 3 aliphatic rings. The molecule has 5 atom stereocenters. The first-order valence-electron chi connectivity index (χ1n) is 8.99. The van der Waals surface area contributed by atoms with Crippen LogP contribution in [0, 0.1) is 22.7 Å². The van der Waals surface area contributed by atoms with Crippen molar-refractivity contribution in [2.24, 2.45) is 22.7 Å². The van der Waals surface area contributed by atoms with Crippen molar-refractivity contribution in [3.8, 4) is 0 Å². The Labute approximate surface area is 131 Å². The molecule has 1 nitrogen and oxygen atoms in total. The van der Waals surface area contributed by atoms with Gasteiger partial charge in [0, 0.05) is 0 Å². The minimum absolute atomic E-state index is 0.0554. The topological polar surface area (TPSA) is 9.23 Å². The second kappa shape index (κ2) is 4.60. The Morgan fingerprint density at radius 2 is 1.57 bits per heavy atom. The van der Waals surface area contributed by atoms with E-state index in [9.17, 15) is 0 Å². The Morgan fingerprint density at radius 3 is 2.24 bits per heavy atom. The molecule has 0 bridgehead atoms. The molecule has 2 aliphatic carbocycles. The van der Waals surface area contributed by atoms with Crippen LogP contribution in [0.3, 0.4) is 0 Å². The lowest BCUT2D eigenvalue weighted by molar-refractivity contribution is -0.252. The summed E-state index contributed by atoms with van der Waals surface area (Å²) >= 11 is 0. The zero-order valence-electron chi connectivity index (χ0n) is 14.8. The minimum Gasteiger partial charge on any atom is -0.365 e. The maximum absolute atomic E-state index is 6.68. The molecule has 0 amide bonds. The van der Waals surface area contributed by atoms with Gasteiger partial charge in [-0.25, -0.2) is 0 Å². The van der Waals surface area contributed by atoms with Crippen molar-refractivity contribution >= 4 is 0 Å². The maximum atomic E-state index is 6.68. The van der Waals surface area contributed by atoms with E-state index in [-0.39, 0.29) is 11.2 Å². The van der Waals surface area contributed by atoms with Gasteiger partial charge in [0.05, 0.1) is 11.2 Å². The molecule has 1 saturated heterocycles. The van der Waals surface area contributed by atoms with Gasteiger partial charge >= 0.3 is 0 Å². The van der Waals surface area contributed by atoms with Crippen molar-refractivity contribution in [3.05, 3.63) is 12.7 Å². The van der Waals surface area contributed by atoms with Crippen LogP contribution in [0.5, 0.6) is 0 Å². The third kappa shape index (κ3) is 2.22. The maximum Gasteiger partial charge on any atom is 0.0839 e. The fourth-order valence-electron chi connectivity index (χ4n) is 6.52. The summed E-state index contributed by atoms with van der Waals surface area (Å²) < 4.78 is 6.68. The Bertz CT molecular complexity index is 439. The van der Waals surface area contributed by atoms with Gasteiger partial charge in [-0.1, -0.05) is 33.3 Å². The van der Waals surface area contributed by atoms with E-state index >= 15 is 0 Å². The molecule has 1 heteroatoms. The van der Waals surface area contributed by atoms with E-state index in [2.05, 4.69) is 41.2 Å². The van der Waals surface area contributed by atoms with Crippen LogP contribution in [-0.2, 0) is 4.74 Å². The molecule has 3 rings (SSSR count). The molecule has 1 unspecified atom stereocenters. The highest BCUT2D eigenvalue weighted by Crippen LogP contribution is 2.65. The second-order valence-electron chi connectivity index (χ2n) is 9.46. The lowest BCUT2D eigenvalue weighted by atomic mass is 9.44. The highest BCUT2D eigenvalue weighted by Gasteiger charge is 2.61. The predicted octanol–water partition coefficient (Wildman–Crippen LogP) is 5.74. The monoisotopic (exact) mass is 290 g/mol. The first-order chi connectivity index (χ1) is 9.65. The highest BCUT2D eigenvalue weighted by molar-refractivity contribution is 5.12. The van der Waals surface area contributed by atoms with E-state index < -0.39 is 0 Å². The SMILES string of the molecule is C=C[C@@]1(C)CC[C@H]2[C@@](C)(CCC3C(C)(C)CCC[C@@]32C)O1. The van der Waals surface area contributed by atoms with Crippen molar-refractivity contribution in [2.75, 3.05) is 0 Å². The van der Waals surface area contributed by atoms with Gasteiger partial charge in [0.1, 0.15) is 0 Å². The molecule has 0 aromatic heterocycles. The minimum atomic E-state index is -0.112. The largest absolute Gasteiger partial charge is 0.365 e. The molecular weight excluding hydrogens is 256 g/mol. The van der Waals surface area contributed by atoms with Crippen LogP contribution >= 0.6 is 0 Å². The fraction of sp³-hybridized carbons (Fsp3) is 0.900. The van der Waals surface area contributed by atoms with E-state index in [0.717, 1.165) is 18.3 Å². The number of rotatable bonds is 1. The summed E-state index contributed by atoms with van der Waals surface area (Å²) in [6, 6.07) is 0. The van der Waals surface area contributed by atoms with Crippen molar-refractivity contribution in [2.45, 2.75) is 90.8 Å². The predicted molar refractivity (Wildman–Crippen MR) is 89.3 cm³/mol. The van der Waals surface area contributed by atoms with Crippen molar-refractivity contribution in [1.82, 2.24) is 0 Å². The van der Waals surface area contributed by atoms with Crippen molar-refractivity contribution in [1.29, 1.82) is 0 Å². The Kier molecular flexibility index (Phi) is 3.41. The third-order valence-electron chi connectivity index (χ3n) is 7.57. The zero-order valence-corrected chi connectivity index (χ0v) is 14.8. The third-order valence-corrected chi connectivity index (χ3v) is 7.57. The summed E-state index contributed by atoms with van der Waals surface area (Å²) in [5.41, 5.74) is 0.920. The quantitative estimate of drug-likeness (QED) is 0.559. The molecule has 120 valence electrons. The molecule has 1 heterocycles. The molecule has 0 N–H and O–H groups in total. The van der Waals surface area contributed by atoms with Crippen LogP contribution in [0.4, 0.5) is 0 Å². The molecule has 0 radical (unpaired) electrons. The molecule has 0 aromatic rings. The van der Waals surface area contributed by atoms with Gasteiger partial charge in [0.2, 0.25) is 0 Å². The van der Waals surface area contributed by atoms with Gasteiger partial charge in [-0.2, -0.15) is 0 Å². The summed E-state index contributed by atoms with van der Waals surface area (Å²) in [7, 11) is 0. The first kappa shape index (κ1) is 15.6. The van der Waals surface area contributed by atoms with Crippen LogP contribution in [0.2, 0.25) is 0 Å². The van der Waals surface area contributed by atoms with Gasteiger partial charge in [0.15, 0.2) is 0 Å². The molecule has 1 aliphatic heterocycles. The lowest BCUT2D eigenvalue weighted by Crippen LogP contribution is -2.62. The second-order valence-corrected chi connectivity index (χ2v) is 9.46. The van der Waals surface area contributed by atoms with Gasteiger partial charge in [0.25, 0.3) is 0 Å². The van der Waals surface area contributed by atoms with Gasteiger partial charge in [-0.15, -0.1) is 6.58 Å². The highest BCUT2D eigenvalue weighted by atomic mass is 16.5. The average Bonchev–Trinajstić information content (AvgIpc) is 2.36. The van der Waals surface area contributed by atoms with Gasteiger partial charge in [-0.3, -0.25) is 0 Å². The van der Waals surface area contributed by atoms with Gasteiger partial charge in [-0.05, 0) is 75.0 Å². The Morgan fingerprint density at radius 1 is 0.905 bits per heavy atom. The molecule has 3 fully saturated rings. The molecule has 2 saturated carbocycles. The number of hydrogen-bond donors (Lipinski definition) is 0. The van der Waals surface area contributed by atoms with Crippen LogP contribution in [-0.4, -0.2) is 11.2 Å². The normalized spacial score (nSPS) is 52.6. The number of hydrogen-bond acceptors (Lipinski definition) is 1. The summed E-state index contributed by atoms with van der Waals surface area (Å²) in [5.74, 6) is 1.59. The van der Waals surface area contributed by atoms with Crippen LogP contribution < -0.4 is 0 Å². The number of fused-ring (bicyclic) bond motifs is 3. The van der Waals surface area contributed by atoms with Gasteiger partial charge < -0.3 is 4.74 Å². The molecule has 0 spiro atoms. The number of ether oxygens (including phenoxy) is 1. The molecule has 21 heavy (non-hydrogen) atoms. The van der Waals surface area contributed by atoms with Crippen molar-refractivity contribution in [3.63, 3.8) is 0 Å². The Hall–Kier alpha value is -0.300. The summed E-state index contributed by atoms with van der Waals surface area (Å²) in [5, 5.41) is 0. The van der Waals surface area contributed by atoms with Crippen molar-refractivity contribution < 1.29 is 4.74 Å². The van der Waals surface area contributed by atoms with Crippen LogP contribution in [0.15, 0.2) is 12.7 Å². The molecule has 0 aromatic carbocycles. The van der Waals surface area contributed by atoms with E-state index in [4.69, 9.17) is 4.74 Å². The average molecular weight is 290 g/mol. The summed E-state index contributed by atoms with van der Waals surface area (Å²) in [6.45, 7) is 16.2. The van der Waals surface area contributed by atoms with Crippen LogP contribution in [0.25, 0.3) is 0 Å². The van der Waals surface area contributed by atoms with Crippen LogP contribution in [0.1, 0.15) is 79.6 Å². The lowest BCUT2D eigenvalue weighted by Gasteiger charge is -2.65. The van der Waals surface area contributed by atoms with E-state index in [1.165, 1.54) is 38.5 Å². The Balaban J connectivity index is 1.94. The zero-order chi connectivity index (χ0) is 15.5. The molecular formula is C20H34O. The fourth-order valence-corrected chi connectivity index (χ4v) is 6.52. The summed E-state index contributed by atoms with van der Waals surface area (Å²) in [6.07, 6.45) is 11.2. The standard InChI is InChI=1S/C20H34O/c1-7-18(4)13-9-16-19(5)12-8-11-17(2,3)15(19)10-14-20(16,6)21-18/h7,15-16H,1,8-14H2,2-6H3/t15?,16-,18+,19+,20-/m1/s1. The van der Waals surface area contributed by atoms with E-state index in [0.29, 0.717) is 10.8 Å². The van der Waals surface area contributed by atoms with E-state index in [1.807, 2.05) is 6.08 Å². The van der Waals surface area contributed by atoms with E-state index in [1.54, 1.807) is 0 Å². The smallest absolute Gasteiger partial charge is 0.0839 e. The first-order valence-corrected chi connectivity index (χ1v) is 8.99. The summed E-state index contributed by atoms with van der Waals surface area (Å²) in [4.78, 5) is 0.